The molecule has 1 aliphatic heterocycles. The van der Waals surface area contributed by atoms with E-state index in [0.717, 1.165) is 49.9 Å². The van der Waals surface area contributed by atoms with Crippen LogP contribution in [0.3, 0.4) is 0 Å². The topological polar surface area (TPSA) is 95.2 Å². The van der Waals surface area contributed by atoms with E-state index in [1.165, 1.54) is 5.56 Å². The summed E-state index contributed by atoms with van der Waals surface area (Å²) in [5.74, 6) is 1.50. The summed E-state index contributed by atoms with van der Waals surface area (Å²) in [6.45, 7) is 10.1. The molecule has 0 spiro atoms. The Balaban J connectivity index is 0.00000385. The normalized spacial score (nSPS) is 14.6. The Hall–Kier alpha value is -2.18. The Morgan fingerprint density at radius 1 is 1.18 bits per heavy atom. The monoisotopic (exact) mass is 570 g/mol. The number of carbonyl (C=O) groups is 1. The molecule has 1 amide bonds. The van der Waals surface area contributed by atoms with E-state index in [0.29, 0.717) is 32.1 Å². The Morgan fingerprint density at radius 3 is 2.58 bits per heavy atom. The molecule has 3 rings (SSSR count). The molecular weight excluding hydrogens is 535 g/mol. The second kappa shape index (κ2) is 14.2. The Labute approximate surface area is 213 Å². The predicted octanol–water partition coefficient (Wildman–Crippen LogP) is 2.11. The van der Waals surface area contributed by atoms with Gasteiger partial charge in [0.2, 0.25) is 11.8 Å². The molecule has 0 unspecified atom stereocenters. The Morgan fingerprint density at radius 2 is 1.91 bits per heavy atom. The summed E-state index contributed by atoms with van der Waals surface area (Å²) in [5, 5.41) is 6.23. The first kappa shape index (κ1) is 27.1. The molecule has 0 aliphatic carbocycles. The summed E-state index contributed by atoms with van der Waals surface area (Å²) < 4.78 is 10.6. The SMILES string of the molecule is CCNC(=NCc1coc(-c2ccc(C)cc2)n1)N1CCN(CC(=O)NCCOC)CC1.I. The lowest BCUT2D eigenvalue weighted by Gasteiger charge is -2.36. The zero-order chi connectivity index (χ0) is 22.8. The van der Waals surface area contributed by atoms with Gasteiger partial charge in [-0.3, -0.25) is 9.69 Å². The van der Waals surface area contributed by atoms with E-state index in [1.54, 1.807) is 13.4 Å². The number of hydrogen-bond donors (Lipinski definition) is 2. The molecule has 0 atom stereocenters. The maximum absolute atomic E-state index is 12.0. The van der Waals surface area contributed by atoms with Crippen LogP contribution in [-0.4, -0.2) is 86.2 Å². The van der Waals surface area contributed by atoms with Crippen molar-refractivity contribution < 1.29 is 13.9 Å². The second-order valence-electron chi connectivity index (χ2n) is 7.79. The van der Waals surface area contributed by atoms with Crippen molar-refractivity contribution in [2.24, 2.45) is 4.99 Å². The molecule has 182 valence electrons. The number of amides is 1. The number of guanidine groups is 1. The molecule has 2 N–H and O–H groups in total. The van der Waals surface area contributed by atoms with Crippen LogP contribution < -0.4 is 10.6 Å². The fourth-order valence-electron chi connectivity index (χ4n) is 3.46. The summed E-state index contributed by atoms with van der Waals surface area (Å²) in [7, 11) is 1.63. The van der Waals surface area contributed by atoms with Crippen LogP contribution in [0.1, 0.15) is 18.2 Å². The maximum Gasteiger partial charge on any atom is 0.234 e. The highest BCUT2D eigenvalue weighted by Crippen LogP contribution is 2.19. The number of methoxy groups -OCH3 is 1. The molecule has 0 radical (unpaired) electrons. The van der Waals surface area contributed by atoms with Crippen LogP contribution in [0, 0.1) is 6.92 Å². The first-order chi connectivity index (χ1) is 15.6. The van der Waals surface area contributed by atoms with Crippen molar-refractivity contribution in [1.29, 1.82) is 0 Å². The highest BCUT2D eigenvalue weighted by Gasteiger charge is 2.21. The summed E-state index contributed by atoms with van der Waals surface area (Å²) in [6, 6.07) is 8.11. The summed E-state index contributed by atoms with van der Waals surface area (Å²) in [5.41, 5.74) is 2.95. The molecule has 1 aliphatic rings. The van der Waals surface area contributed by atoms with Gasteiger partial charge < -0.3 is 24.7 Å². The Bertz CT molecular complexity index is 879. The molecule has 0 saturated carbocycles. The minimum absolute atomic E-state index is 0. The zero-order valence-corrected chi connectivity index (χ0v) is 22.0. The highest BCUT2D eigenvalue weighted by molar-refractivity contribution is 14.0. The first-order valence-corrected chi connectivity index (χ1v) is 11.1. The van der Waals surface area contributed by atoms with E-state index >= 15 is 0 Å². The van der Waals surface area contributed by atoms with Crippen molar-refractivity contribution >= 4 is 35.8 Å². The van der Waals surface area contributed by atoms with Gasteiger partial charge in [-0.15, -0.1) is 24.0 Å². The number of aryl methyl sites for hydroxylation is 1. The first-order valence-electron chi connectivity index (χ1n) is 11.1. The smallest absolute Gasteiger partial charge is 0.234 e. The average molecular weight is 570 g/mol. The predicted molar refractivity (Wildman–Crippen MR) is 140 cm³/mol. The third-order valence-electron chi connectivity index (χ3n) is 5.24. The minimum atomic E-state index is 0. The quantitative estimate of drug-likeness (QED) is 0.207. The molecule has 10 heteroatoms. The van der Waals surface area contributed by atoms with Crippen LogP contribution >= 0.6 is 24.0 Å². The number of oxazole rings is 1. The molecule has 1 aromatic carbocycles. The summed E-state index contributed by atoms with van der Waals surface area (Å²) in [4.78, 5) is 25.7. The van der Waals surface area contributed by atoms with Gasteiger partial charge in [-0.25, -0.2) is 9.98 Å². The van der Waals surface area contributed by atoms with Crippen LogP contribution in [0.15, 0.2) is 39.9 Å². The third-order valence-corrected chi connectivity index (χ3v) is 5.24. The number of halogens is 1. The molecule has 2 aromatic rings. The summed E-state index contributed by atoms with van der Waals surface area (Å²) >= 11 is 0. The van der Waals surface area contributed by atoms with Crippen molar-refractivity contribution in [2.45, 2.75) is 20.4 Å². The van der Waals surface area contributed by atoms with Gasteiger partial charge in [0.15, 0.2) is 5.96 Å². The molecule has 1 aromatic heterocycles. The van der Waals surface area contributed by atoms with E-state index in [9.17, 15) is 4.79 Å². The van der Waals surface area contributed by atoms with Gasteiger partial charge in [0.1, 0.15) is 12.0 Å². The number of ether oxygens (including phenoxy) is 1. The lowest BCUT2D eigenvalue weighted by atomic mass is 10.1. The molecule has 1 fully saturated rings. The number of hydrogen-bond acceptors (Lipinski definition) is 6. The highest BCUT2D eigenvalue weighted by atomic mass is 127. The largest absolute Gasteiger partial charge is 0.444 e. The van der Waals surface area contributed by atoms with Gasteiger partial charge in [0.25, 0.3) is 0 Å². The van der Waals surface area contributed by atoms with Crippen molar-refractivity contribution in [3.8, 4) is 11.5 Å². The zero-order valence-electron chi connectivity index (χ0n) is 19.7. The number of nitrogens with zero attached hydrogens (tertiary/aromatic N) is 4. The molecule has 0 bridgehead atoms. The standard InChI is InChI=1S/C23H34N6O3.HI/c1-4-24-23(29-12-10-28(11-13-29)16-21(30)25-9-14-31-3)26-15-20-17-32-22(27-20)19-7-5-18(2)6-8-19;/h5-8,17H,4,9-16H2,1-3H3,(H,24,26)(H,25,30);1H. The van der Waals surface area contributed by atoms with Gasteiger partial charge in [-0.05, 0) is 26.0 Å². The molecule has 33 heavy (non-hydrogen) atoms. The molecular formula is C23H35IN6O3. The third kappa shape index (κ3) is 8.59. The van der Waals surface area contributed by atoms with Crippen LogP contribution in [0.5, 0.6) is 0 Å². The number of nitrogens with one attached hydrogen (secondary N) is 2. The van der Waals surface area contributed by atoms with Gasteiger partial charge >= 0.3 is 0 Å². The number of piperazine rings is 1. The number of rotatable bonds is 9. The van der Waals surface area contributed by atoms with Crippen molar-refractivity contribution in [2.75, 3.05) is 59.5 Å². The van der Waals surface area contributed by atoms with E-state index in [-0.39, 0.29) is 29.9 Å². The van der Waals surface area contributed by atoms with Gasteiger partial charge in [-0.2, -0.15) is 0 Å². The lowest BCUT2D eigenvalue weighted by Crippen LogP contribution is -2.54. The molecule has 9 nitrogen and oxygen atoms in total. The molecule has 2 heterocycles. The van der Waals surface area contributed by atoms with Gasteiger partial charge in [0, 0.05) is 51.9 Å². The van der Waals surface area contributed by atoms with Crippen molar-refractivity contribution in [1.82, 2.24) is 25.4 Å². The van der Waals surface area contributed by atoms with Gasteiger partial charge in [-0.1, -0.05) is 17.7 Å². The van der Waals surface area contributed by atoms with Crippen LogP contribution in [0.2, 0.25) is 0 Å². The molecule has 1 saturated heterocycles. The fraction of sp³-hybridized carbons (Fsp3) is 0.522. The Kier molecular flexibility index (Phi) is 11.6. The van der Waals surface area contributed by atoms with Crippen LogP contribution in [-0.2, 0) is 16.1 Å². The average Bonchev–Trinajstić information content (AvgIpc) is 3.27. The lowest BCUT2D eigenvalue weighted by molar-refractivity contribution is -0.122. The van der Waals surface area contributed by atoms with Crippen LogP contribution in [0.4, 0.5) is 0 Å². The second-order valence-corrected chi connectivity index (χ2v) is 7.79. The van der Waals surface area contributed by atoms with Crippen molar-refractivity contribution in [3.05, 3.63) is 41.8 Å². The summed E-state index contributed by atoms with van der Waals surface area (Å²) in [6.07, 6.45) is 1.67. The number of carbonyl (C=O) groups excluding carboxylic acids is 1. The van der Waals surface area contributed by atoms with E-state index in [2.05, 4.69) is 39.3 Å². The number of aliphatic imine (C=N–C) groups is 1. The fourth-order valence-corrected chi connectivity index (χ4v) is 3.46. The minimum Gasteiger partial charge on any atom is -0.444 e. The number of benzene rings is 1. The number of aromatic nitrogens is 1. The van der Waals surface area contributed by atoms with E-state index in [1.807, 2.05) is 24.3 Å². The van der Waals surface area contributed by atoms with Crippen LogP contribution in [0.25, 0.3) is 11.5 Å². The van der Waals surface area contributed by atoms with E-state index < -0.39 is 0 Å². The van der Waals surface area contributed by atoms with E-state index in [4.69, 9.17) is 14.1 Å². The van der Waals surface area contributed by atoms with Gasteiger partial charge in [0.05, 0.1) is 19.7 Å². The maximum atomic E-state index is 12.0. The van der Waals surface area contributed by atoms with Crippen molar-refractivity contribution in [3.63, 3.8) is 0 Å².